The van der Waals surface area contributed by atoms with Gasteiger partial charge in [-0.2, -0.15) is 0 Å². The molecule has 7 nitrogen and oxygen atoms in total. The summed E-state index contributed by atoms with van der Waals surface area (Å²) in [5.74, 6) is -1.11. The predicted octanol–water partition coefficient (Wildman–Crippen LogP) is 2.30. The summed E-state index contributed by atoms with van der Waals surface area (Å²) in [6.07, 6.45) is 1.27. The molecule has 0 aliphatic heterocycles. The third-order valence-electron chi connectivity index (χ3n) is 3.27. The summed E-state index contributed by atoms with van der Waals surface area (Å²) in [4.78, 5) is 12.8. The highest BCUT2D eigenvalue weighted by Gasteiger charge is 2.23. The quantitative estimate of drug-likeness (QED) is 0.719. The molecule has 0 unspecified atom stereocenters. The normalized spacial score (nSPS) is 11.7. The van der Waals surface area contributed by atoms with Gasteiger partial charge in [0.1, 0.15) is 17.7 Å². The Labute approximate surface area is 142 Å². The summed E-state index contributed by atoms with van der Waals surface area (Å²) in [7, 11) is -2.35. The molecule has 1 N–H and O–H groups in total. The van der Waals surface area contributed by atoms with Crippen molar-refractivity contribution in [1.29, 1.82) is 0 Å². The van der Waals surface area contributed by atoms with Crippen LogP contribution in [0.2, 0.25) is 0 Å². The minimum absolute atomic E-state index is 0.218. The van der Waals surface area contributed by atoms with Gasteiger partial charge in [-0.3, -0.25) is 4.79 Å². The highest BCUT2D eigenvalue weighted by molar-refractivity contribution is 7.89. The van der Waals surface area contributed by atoms with E-state index >= 15 is 0 Å². The van der Waals surface area contributed by atoms with Crippen molar-refractivity contribution in [3.05, 3.63) is 52.7 Å². The van der Waals surface area contributed by atoms with Crippen molar-refractivity contribution in [3.63, 3.8) is 0 Å². The van der Waals surface area contributed by atoms with Crippen molar-refractivity contribution in [2.24, 2.45) is 0 Å². The number of nitrogens with zero attached hydrogens (tertiary/aromatic N) is 1. The number of hydrogen-bond acceptors (Lipinski definition) is 7. The van der Waals surface area contributed by atoms with Gasteiger partial charge in [-0.25, -0.2) is 13.1 Å². The largest absolute Gasteiger partial charge is 0.380 e. The lowest BCUT2D eigenvalue weighted by atomic mass is 10.1. The van der Waals surface area contributed by atoms with Gasteiger partial charge in [0, 0.05) is 23.4 Å². The fourth-order valence-electron chi connectivity index (χ4n) is 2.30. The van der Waals surface area contributed by atoms with Gasteiger partial charge in [0.2, 0.25) is 10.0 Å². The van der Waals surface area contributed by atoms with Crippen LogP contribution in [0.25, 0.3) is 10.1 Å². The van der Waals surface area contributed by atoms with E-state index in [1.54, 1.807) is 0 Å². The SMILES string of the molecule is COCc1c(C(=O)NS(=O)(=O)Cc2ccon2)sc2ccccc12. The van der Waals surface area contributed by atoms with Gasteiger partial charge >= 0.3 is 0 Å². The summed E-state index contributed by atoms with van der Waals surface area (Å²) in [5.41, 5.74) is 0.899. The number of hydrogen-bond donors (Lipinski definition) is 1. The predicted molar refractivity (Wildman–Crippen MR) is 89.1 cm³/mol. The molecule has 0 saturated heterocycles. The highest BCUT2D eigenvalue weighted by Crippen LogP contribution is 2.31. The first-order valence-electron chi connectivity index (χ1n) is 6.93. The van der Waals surface area contributed by atoms with Crippen LogP contribution >= 0.6 is 11.3 Å². The van der Waals surface area contributed by atoms with E-state index in [9.17, 15) is 13.2 Å². The Morgan fingerprint density at radius 3 is 2.83 bits per heavy atom. The molecule has 1 amide bonds. The molecule has 0 atom stereocenters. The molecule has 9 heteroatoms. The third-order valence-corrected chi connectivity index (χ3v) is 5.65. The van der Waals surface area contributed by atoms with Crippen molar-refractivity contribution in [2.45, 2.75) is 12.4 Å². The van der Waals surface area contributed by atoms with Crippen LogP contribution in [0.4, 0.5) is 0 Å². The Morgan fingerprint density at radius 2 is 2.12 bits per heavy atom. The van der Waals surface area contributed by atoms with Crippen LogP contribution in [-0.4, -0.2) is 26.6 Å². The van der Waals surface area contributed by atoms with E-state index in [0.29, 0.717) is 10.4 Å². The molecule has 0 bridgehead atoms. The molecule has 3 rings (SSSR count). The average Bonchev–Trinajstić information content (AvgIpc) is 3.15. The minimum atomic E-state index is -3.88. The van der Waals surface area contributed by atoms with E-state index in [4.69, 9.17) is 4.74 Å². The zero-order valence-corrected chi connectivity index (χ0v) is 14.3. The van der Waals surface area contributed by atoms with E-state index in [1.165, 1.54) is 30.8 Å². The van der Waals surface area contributed by atoms with Crippen molar-refractivity contribution >= 4 is 37.4 Å². The summed E-state index contributed by atoms with van der Waals surface area (Å²) >= 11 is 1.23. The summed E-state index contributed by atoms with van der Waals surface area (Å²) in [6.45, 7) is 0.218. The second-order valence-corrected chi connectivity index (χ2v) is 7.79. The number of fused-ring (bicyclic) bond motifs is 1. The van der Waals surface area contributed by atoms with Crippen molar-refractivity contribution in [3.8, 4) is 0 Å². The number of aromatic nitrogens is 1. The number of benzene rings is 1. The van der Waals surface area contributed by atoms with Crippen LogP contribution < -0.4 is 4.72 Å². The van der Waals surface area contributed by atoms with Crippen LogP contribution in [0, 0.1) is 0 Å². The van der Waals surface area contributed by atoms with Crippen molar-refractivity contribution in [1.82, 2.24) is 9.88 Å². The summed E-state index contributed by atoms with van der Waals surface area (Å²) in [6, 6.07) is 8.90. The number of sulfonamides is 1. The Kier molecular flexibility index (Phi) is 4.65. The van der Waals surface area contributed by atoms with E-state index in [1.807, 2.05) is 24.3 Å². The van der Waals surface area contributed by atoms with Gasteiger partial charge in [-0.05, 0) is 11.5 Å². The maximum absolute atomic E-state index is 12.5. The number of rotatable bonds is 6. The number of carbonyl (C=O) groups is 1. The Bertz CT molecular complexity index is 961. The molecular formula is C15H14N2O5S2. The molecular weight excluding hydrogens is 352 g/mol. The Morgan fingerprint density at radius 1 is 1.33 bits per heavy atom. The van der Waals surface area contributed by atoms with Gasteiger partial charge in [-0.1, -0.05) is 23.4 Å². The van der Waals surface area contributed by atoms with Crippen LogP contribution in [-0.2, 0) is 27.1 Å². The number of methoxy groups -OCH3 is 1. The maximum atomic E-state index is 12.5. The van der Waals surface area contributed by atoms with E-state index in [2.05, 4.69) is 14.4 Å². The van der Waals surface area contributed by atoms with E-state index in [0.717, 1.165) is 10.1 Å². The van der Waals surface area contributed by atoms with Crippen LogP contribution in [0.3, 0.4) is 0 Å². The van der Waals surface area contributed by atoms with Gasteiger partial charge < -0.3 is 9.26 Å². The third kappa shape index (κ3) is 3.48. The van der Waals surface area contributed by atoms with Crippen LogP contribution in [0.15, 0.2) is 41.1 Å². The summed E-state index contributed by atoms with van der Waals surface area (Å²) < 4.78 is 37.0. The molecule has 24 heavy (non-hydrogen) atoms. The first kappa shape index (κ1) is 16.6. The van der Waals surface area contributed by atoms with Crippen LogP contribution in [0.5, 0.6) is 0 Å². The monoisotopic (exact) mass is 366 g/mol. The average molecular weight is 366 g/mol. The molecule has 2 heterocycles. The first-order chi connectivity index (χ1) is 11.5. The molecule has 0 radical (unpaired) electrons. The molecule has 126 valence electrons. The topological polar surface area (TPSA) is 98.5 Å². The van der Waals surface area contributed by atoms with Gasteiger partial charge in [0.15, 0.2) is 0 Å². The molecule has 1 aromatic carbocycles. The molecule has 0 spiro atoms. The van der Waals surface area contributed by atoms with Gasteiger partial charge in [0.25, 0.3) is 5.91 Å². The maximum Gasteiger partial charge on any atom is 0.275 e. The highest BCUT2D eigenvalue weighted by atomic mass is 32.2. The molecule has 0 fully saturated rings. The zero-order valence-electron chi connectivity index (χ0n) is 12.7. The van der Waals surface area contributed by atoms with Crippen molar-refractivity contribution < 1.29 is 22.5 Å². The standard InChI is InChI=1S/C15H14N2O5S2/c1-21-8-12-11-4-2-3-5-13(11)23-14(12)15(18)17-24(19,20)9-10-6-7-22-16-10/h2-7H,8-9H2,1H3,(H,17,18). The smallest absolute Gasteiger partial charge is 0.275 e. The van der Waals surface area contributed by atoms with Crippen LogP contribution in [0.1, 0.15) is 20.9 Å². The minimum Gasteiger partial charge on any atom is -0.380 e. The van der Waals surface area contributed by atoms with Crippen molar-refractivity contribution in [2.75, 3.05) is 7.11 Å². The number of thiophene rings is 1. The fourth-order valence-corrected chi connectivity index (χ4v) is 4.46. The second kappa shape index (κ2) is 6.71. The first-order valence-corrected chi connectivity index (χ1v) is 9.40. The van der Waals surface area contributed by atoms with Gasteiger partial charge in [-0.15, -0.1) is 11.3 Å². The lowest BCUT2D eigenvalue weighted by molar-refractivity contribution is 0.0981. The number of ether oxygens (including phenoxy) is 1. The zero-order chi connectivity index (χ0) is 17.2. The van der Waals surface area contributed by atoms with E-state index in [-0.39, 0.29) is 12.3 Å². The molecule has 0 aliphatic rings. The second-order valence-electron chi connectivity index (χ2n) is 5.02. The lowest BCUT2D eigenvalue weighted by Crippen LogP contribution is -2.31. The summed E-state index contributed by atoms with van der Waals surface area (Å²) in [5, 5.41) is 4.42. The lowest BCUT2D eigenvalue weighted by Gasteiger charge is -2.06. The number of carbonyl (C=O) groups excluding carboxylic acids is 1. The Balaban J connectivity index is 1.89. The Hall–Kier alpha value is -2.23. The molecule has 0 saturated carbocycles. The molecule has 2 aromatic heterocycles. The van der Waals surface area contributed by atoms with E-state index < -0.39 is 21.7 Å². The fraction of sp³-hybridized carbons (Fsp3) is 0.200. The molecule has 3 aromatic rings. The molecule has 0 aliphatic carbocycles. The number of amides is 1. The van der Waals surface area contributed by atoms with Gasteiger partial charge in [0.05, 0.1) is 11.5 Å². The number of nitrogens with one attached hydrogen (secondary N) is 1.